The first kappa shape index (κ1) is 13.5. The molecule has 0 aliphatic carbocycles. The molecule has 1 fully saturated rings. The largest absolute Gasteiger partial charge is 0.323 e. The summed E-state index contributed by atoms with van der Waals surface area (Å²) in [6.07, 6.45) is 1.55. The van der Waals surface area contributed by atoms with Crippen LogP contribution in [0.25, 0.3) is 0 Å². The van der Waals surface area contributed by atoms with Gasteiger partial charge in [0.25, 0.3) is 0 Å². The van der Waals surface area contributed by atoms with Crippen LogP contribution in [-0.2, 0) is 4.79 Å². The maximum Gasteiger partial charge on any atom is 0.230 e. The minimum Gasteiger partial charge on any atom is -0.323 e. The van der Waals surface area contributed by atoms with Crippen LogP contribution in [-0.4, -0.2) is 19.0 Å². The topological polar surface area (TPSA) is 41.1 Å². The molecule has 1 heterocycles. The fraction of sp³-hybridized carbons (Fsp3) is 0.462. The molecule has 3 nitrogen and oxygen atoms in total. The first-order valence-electron chi connectivity index (χ1n) is 5.98. The summed E-state index contributed by atoms with van der Waals surface area (Å²) >= 11 is 3.19. The van der Waals surface area contributed by atoms with Crippen molar-refractivity contribution < 1.29 is 9.18 Å². The fourth-order valence-electron chi connectivity index (χ4n) is 2.07. The van der Waals surface area contributed by atoms with Gasteiger partial charge in [0.15, 0.2) is 0 Å². The quantitative estimate of drug-likeness (QED) is 0.881. The summed E-state index contributed by atoms with van der Waals surface area (Å²) in [7, 11) is 0. The van der Waals surface area contributed by atoms with Gasteiger partial charge >= 0.3 is 0 Å². The van der Waals surface area contributed by atoms with Gasteiger partial charge in [-0.05, 0) is 44.1 Å². The summed E-state index contributed by atoms with van der Waals surface area (Å²) in [4.78, 5) is 12.2. The van der Waals surface area contributed by atoms with E-state index in [1.54, 1.807) is 12.1 Å². The molecule has 0 spiro atoms. The molecule has 1 saturated heterocycles. The second kappa shape index (κ2) is 5.36. The monoisotopic (exact) mass is 314 g/mol. The van der Waals surface area contributed by atoms with Crippen molar-refractivity contribution in [3.63, 3.8) is 0 Å². The van der Waals surface area contributed by atoms with Crippen LogP contribution >= 0.6 is 15.9 Å². The Hall–Kier alpha value is -0.940. The van der Waals surface area contributed by atoms with E-state index in [9.17, 15) is 9.18 Å². The summed E-state index contributed by atoms with van der Waals surface area (Å²) in [5.41, 5.74) is -0.173. The summed E-state index contributed by atoms with van der Waals surface area (Å²) in [6, 6.07) is 4.63. The number of halogens is 2. The lowest BCUT2D eigenvalue weighted by Crippen LogP contribution is -2.42. The van der Waals surface area contributed by atoms with E-state index in [1.807, 2.05) is 6.92 Å². The van der Waals surface area contributed by atoms with Crippen molar-refractivity contribution in [2.45, 2.75) is 19.8 Å². The Kier molecular flexibility index (Phi) is 4.02. The zero-order chi connectivity index (χ0) is 13.2. The molecule has 0 radical (unpaired) electrons. The predicted molar refractivity (Wildman–Crippen MR) is 72.9 cm³/mol. The number of anilines is 1. The lowest BCUT2D eigenvalue weighted by Gasteiger charge is -2.32. The molecule has 1 aromatic carbocycles. The third kappa shape index (κ3) is 2.90. The van der Waals surface area contributed by atoms with E-state index >= 15 is 0 Å². The zero-order valence-corrected chi connectivity index (χ0v) is 11.8. The van der Waals surface area contributed by atoms with Crippen LogP contribution < -0.4 is 10.6 Å². The average Bonchev–Trinajstić information content (AvgIpc) is 2.33. The number of hydrogen-bond donors (Lipinski definition) is 2. The molecule has 5 heteroatoms. The Bertz CT molecular complexity index is 458. The van der Waals surface area contributed by atoms with Gasteiger partial charge in [-0.15, -0.1) is 0 Å². The van der Waals surface area contributed by atoms with Crippen molar-refractivity contribution in [2.75, 3.05) is 18.4 Å². The second-order valence-corrected chi connectivity index (χ2v) is 5.80. The number of nitrogens with one attached hydrogen (secondary N) is 2. The van der Waals surface area contributed by atoms with Gasteiger partial charge in [-0.25, -0.2) is 4.39 Å². The maximum absolute atomic E-state index is 13.6. The molecule has 2 rings (SSSR count). The van der Waals surface area contributed by atoms with Crippen LogP contribution in [0.4, 0.5) is 10.1 Å². The molecule has 1 aliphatic heterocycles. The zero-order valence-electron chi connectivity index (χ0n) is 10.2. The molecule has 0 bridgehead atoms. The Labute approximate surface area is 114 Å². The minimum atomic E-state index is -0.421. The maximum atomic E-state index is 13.6. The number of benzene rings is 1. The van der Waals surface area contributed by atoms with E-state index in [1.165, 1.54) is 6.07 Å². The molecule has 1 aliphatic rings. The molecular weight excluding hydrogens is 299 g/mol. The van der Waals surface area contributed by atoms with Crippen molar-refractivity contribution in [2.24, 2.45) is 5.41 Å². The van der Waals surface area contributed by atoms with Gasteiger partial charge < -0.3 is 10.6 Å². The minimum absolute atomic E-state index is 0.106. The van der Waals surface area contributed by atoms with Crippen LogP contribution in [0.2, 0.25) is 0 Å². The third-order valence-corrected chi connectivity index (χ3v) is 3.93. The predicted octanol–water partition coefficient (Wildman–Crippen LogP) is 2.92. The van der Waals surface area contributed by atoms with Gasteiger partial charge in [0.1, 0.15) is 5.82 Å². The molecule has 0 atom stereocenters. The number of carbonyl (C=O) groups excluding carboxylic acids is 1. The normalized spacial score (nSPS) is 18.4. The Morgan fingerprint density at radius 2 is 2.11 bits per heavy atom. The number of amides is 1. The van der Waals surface area contributed by atoms with Crippen molar-refractivity contribution in [3.05, 3.63) is 28.5 Å². The van der Waals surface area contributed by atoms with E-state index in [0.717, 1.165) is 25.9 Å². The van der Waals surface area contributed by atoms with Crippen molar-refractivity contribution >= 4 is 27.5 Å². The third-order valence-electron chi connectivity index (χ3n) is 3.43. The molecule has 1 amide bonds. The van der Waals surface area contributed by atoms with E-state index in [4.69, 9.17) is 0 Å². The number of rotatable bonds is 2. The van der Waals surface area contributed by atoms with Crippen LogP contribution in [0.1, 0.15) is 19.8 Å². The van der Waals surface area contributed by atoms with Gasteiger partial charge in [-0.1, -0.05) is 22.9 Å². The lowest BCUT2D eigenvalue weighted by molar-refractivity contribution is -0.126. The van der Waals surface area contributed by atoms with Gasteiger partial charge in [-0.3, -0.25) is 4.79 Å². The van der Waals surface area contributed by atoms with Crippen LogP contribution in [0.3, 0.4) is 0 Å². The number of carbonyl (C=O) groups is 1. The SMILES string of the molecule is CC1(C(=O)Nc2ccc(Br)cc2F)CCNCC1. The molecule has 0 unspecified atom stereocenters. The standard InChI is InChI=1S/C13H16BrFN2O/c1-13(4-6-16-7-5-13)12(18)17-11-3-2-9(14)8-10(11)15/h2-3,8,16H,4-7H2,1H3,(H,17,18). The van der Waals surface area contributed by atoms with E-state index in [0.29, 0.717) is 4.47 Å². The first-order chi connectivity index (χ1) is 8.51. The summed E-state index contributed by atoms with van der Waals surface area (Å²) < 4.78 is 14.3. The van der Waals surface area contributed by atoms with Gasteiger partial charge in [-0.2, -0.15) is 0 Å². The van der Waals surface area contributed by atoms with Gasteiger partial charge in [0, 0.05) is 9.89 Å². The average molecular weight is 315 g/mol. The molecule has 0 aromatic heterocycles. The Morgan fingerprint density at radius 1 is 1.44 bits per heavy atom. The Balaban J connectivity index is 2.11. The van der Waals surface area contributed by atoms with E-state index in [2.05, 4.69) is 26.6 Å². The smallest absolute Gasteiger partial charge is 0.230 e. The van der Waals surface area contributed by atoms with Crippen LogP contribution in [0, 0.1) is 11.2 Å². The van der Waals surface area contributed by atoms with E-state index < -0.39 is 11.2 Å². The second-order valence-electron chi connectivity index (χ2n) is 4.89. The Morgan fingerprint density at radius 3 is 2.72 bits per heavy atom. The molecule has 1 aromatic rings. The summed E-state index contributed by atoms with van der Waals surface area (Å²) in [5, 5.41) is 5.90. The van der Waals surface area contributed by atoms with Gasteiger partial charge in [0.2, 0.25) is 5.91 Å². The summed E-state index contributed by atoms with van der Waals surface area (Å²) in [5.74, 6) is -0.527. The highest BCUT2D eigenvalue weighted by molar-refractivity contribution is 9.10. The van der Waals surface area contributed by atoms with Crippen LogP contribution in [0.15, 0.2) is 22.7 Å². The summed E-state index contributed by atoms with van der Waals surface area (Å²) in [6.45, 7) is 3.58. The van der Waals surface area contributed by atoms with Crippen molar-refractivity contribution in [3.8, 4) is 0 Å². The van der Waals surface area contributed by atoms with Crippen molar-refractivity contribution in [1.82, 2.24) is 5.32 Å². The fourth-order valence-corrected chi connectivity index (χ4v) is 2.40. The number of hydrogen-bond acceptors (Lipinski definition) is 2. The highest BCUT2D eigenvalue weighted by Gasteiger charge is 2.34. The van der Waals surface area contributed by atoms with Crippen LogP contribution in [0.5, 0.6) is 0 Å². The molecule has 98 valence electrons. The van der Waals surface area contributed by atoms with Gasteiger partial charge in [0.05, 0.1) is 5.69 Å². The lowest BCUT2D eigenvalue weighted by atomic mass is 9.80. The highest BCUT2D eigenvalue weighted by atomic mass is 79.9. The first-order valence-corrected chi connectivity index (χ1v) is 6.78. The molecule has 18 heavy (non-hydrogen) atoms. The molecular formula is C13H16BrFN2O. The molecule has 2 N–H and O–H groups in total. The number of piperidine rings is 1. The highest BCUT2D eigenvalue weighted by Crippen LogP contribution is 2.30. The molecule has 0 saturated carbocycles. The van der Waals surface area contributed by atoms with E-state index in [-0.39, 0.29) is 11.6 Å². The van der Waals surface area contributed by atoms with Crippen molar-refractivity contribution in [1.29, 1.82) is 0 Å².